The molecule has 0 aromatic rings. The van der Waals surface area contributed by atoms with E-state index in [1.807, 2.05) is 6.92 Å². The molecule has 3 N–H and O–H groups in total. The summed E-state index contributed by atoms with van der Waals surface area (Å²) in [5.74, 6) is 0. The Labute approximate surface area is 113 Å². The second-order valence-electron chi connectivity index (χ2n) is 7.02. The Bertz CT molecular complexity index is 239. The van der Waals surface area contributed by atoms with Crippen LogP contribution in [0.4, 0.5) is 0 Å². The van der Waals surface area contributed by atoms with E-state index < -0.39 is 5.60 Å². The summed E-state index contributed by atoms with van der Waals surface area (Å²) >= 11 is 0. The zero-order valence-electron chi connectivity index (χ0n) is 12.5. The van der Waals surface area contributed by atoms with Crippen LogP contribution in [0.3, 0.4) is 0 Å². The van der Waals surface area contributed by atoms with Gasteiger partial charge in [0.15, 0.2) is 0 Å². The van der Waals surface area contributed by atoms with Crippen molar-refractivity contribution >= 4 is 0 Å². The van der Waals surface area contributed by atoms with Crippen molar-refractivity contribution in [2.24, 2.45) is 11.1 Å². The zero-order valence-corrected chi connectivity index (χ0v) is 12.5. The van der Waals surface area contributed by atoms with Crippen LogP contribution in [0.15, 0.2) is 0 Å². The van der Waals surface area contributed by atoms with Crippen LogP contribution in [0.25, 0.3) is 0 Å². The van der Waals surface area contributed by atoms with Gasteiger partial charge in [0.2, 0.25) is 0 Å². The van der Waals surface area contributed by atoms with Gasteiger partial charge >= 0.3 is 0 Å². The quantitative estimate of drug-likeness (QED) is 0.717. The highest BCUT2D eigenvalue weighted by Gasteiger charge is 2.24. The molecule has 1 unspecified atom stereocenters. The molecule has 0 aromatic heterocycles. The molecule has 0 radical (unpaired) electrons. The summed E-state index contributed by atoms with van der Waals surface area (Å²) in [5.41, 5.74) is 5.60. The van der Waals surface area contributed by atoms with Crippen LogP contribution in [0, 0.1) is 5.41 Å². The van der Waals surface area contributed by atoms with Crippen molar-refractivity contribution in [3.8, 4) is 0 Å². The van der Waals surface area contributed by atoms with E-state index >= 15 is 0 Å². The number of likely N-dealkylation sites (tertiary alicyclic amines) is 1. The summed E-state index contributed by atoms with van der Waals surface area (Å²) in [7, 11) is 0. The van der Waals surface area contributed by atoms with Crippen LogP contribution in [0.1, 0.15) is 59.3 Å². The molecule has 0 amide bonds. The second kappa shape index (κ2) is 6.88. The van der Waals surface area contributed by atoms with Crippen molar-refractivity contribution in [3.63, 3.8) is 0 Å². The van der Waals surface area contributed by atoms with Gasteiger partial charge in [0.05, 0.1) is 5.60 Å². The Hall–Kier alpha value is -0.120. The maximum absolute atomic E-state index is 10.0. The smallest absolute Gasteiger partial charge is 0.0632 e. The van der Waals surface area contributed by atoms with Gasteiger partial charge in [-0.15, -0.1) is 0 Å². The predicted molar refractivity (Wildman–Crippen MR) is 77.6 cm³/mol. The zero-order chi connectivity index (χ0) is 13.6. The lowest BCUT2D eigenvalue weighted by Gasteiger charge is -2.24. The topological polar surface area (TPSA) is 49.5 Å². The Morgan fingerprint density at radius 1 is 1.22 bits per heavy atom. The van der Waals surface area contributed by atoms with Crippen molar-refractivity contribution in [2.75, 3.05) is 26.2 Å². The molecule has 18 heavy (non-hydrogen) atoms. The number of hydrogen-bond acceptors (Lipinski definition) is 3. The molecule has 3 nitrogen and oxygen atoms in total. The maximum Gasteiger partial charge on any atom is 0.0632 e. The summed E-state index contributed by atoms with van der Waals surface area (Å²) in [6.45, 7) is 10.6. The van der Waals surface area contributed by atoms with Crippen LogP contribution < -0.4 is 5.73 Å². The Morgan fingerprint density at radius 2 is 1.94 bits per heavy atom. The summed E-state index contributed by atoms with van der Waals surface area (Å²) in [6.07, 6.45) is 6.73. The van der Waals surface area contributed by atoms with Gasteiger partial charge in [-0.2, -0.15) is 0 Å². The molecule has 1 saturated heterocycles. The number of aliphatic hydroxyl groups is 1. The summed E-state index contributed by atoms with van der Waals surface area (Å²) in [4.78, 5) is 2.51. The predicted octanol–water partition coefficient (Wildman–Crippen LogP) is 2.38. The molecule has 1 aliphatic rings. The lowest BCUT2D eigenvalue weighted by Crippen LogP contribution is -2.29. The average molecular weight is 256 g/mol. The largest absolute Gasteiger partial charge is 0.390 e. The normalized spacial score (nSPS) is 27.2. The van der Waals surface area contributed by atoms with Crippen molar-refractivity contribution in [1.29, 1.82) is 0 Å². The van der Waals surface area contributed by atoms with Crippen molar-refractivity contribution in [2.45, 2.75) is 64.9 Å². The molecule has 0 spiro atoms. The highest BCUT2D eigenvalue weighted by molar-refractivity contribution is 4.79. The lowest BCUT2D eigenvalue weighted by molar-refractivity contribution is 0.0446. The molecular weight excluding hydrogens is 224 g/mol. The minimum absolute atomic E-state index is 0.294. The summed E-state index contributed by atoms with van der Waals surface area (Å²) in [6, 6.07) is 0. The van der Waals surface area contributed by atoms with E-state index in [1.165, 1.54) is 25.8 Å². The molecule has 1 rings (SSSR count). The van der Waals surface area contributed by atoms with Gasteiger partial charge < -0.3 is 15.7 Å². The number of hydrogen-bond donors (Lipinski definition) is 2. The van der Waals surface area contributed by atoms with Gasteiger partial charge in [-0.25, -0.2) is 0 Å². The maximum atomic E-state index is 10.0. The minimum atomic E-state index is -0.434. The second-order valence-corrected chi connectivity index (χ2v) is 7.02. The van der Waals surface area contributed by atoms with Crippen LogP contribution in [0.2, 0.25) is 0 Å². The van der Waals surface area contributed by atoms with Crippen LogP contribution in [-0.2, 0) is 0 Å². The van der Waals surface area contributed by atoms with Gasteiger partial charge in [0.1, 0.15) is 0 Å². The van der Waals surface area contributed by atoms with Gasteiger partial charge in [0.25, 0.3) is 0 Å². The van der Waals surface area contributed by atoms with Gasteiger partial charge in [-0.1, -0.05) is 20.3 Å². The Morgan fingerprint density at radius 3 is 2.61 bits per heavy atom. The van der Waals surface area contributed by atoms with Crippen LogP contribution in [-0.4, -0.2) is 41.8 Å². The number of nitrogens with zero attached hydrogens (tertiary/aromatic N) is 1. The molecule has 1 fully saturated rings. The van der Waals surface area contributed by atoms with Gasteiger partial charge in [-0.05, 0) is 64.1 Å². The first-order chi connectivity index (χ1) is 8.35. The summed E-state index contributed by atoms with van der Waals surface area (Å²) < 4.78 is 0. The molecule has 1 aliphatic heterocycles. The molecule has 108 valence electrons. The van der Waals surface area contributed by atoms with Crippen molar-refractivity contribution < 1.29 is 5.11 Å². The highest BCUT2D eigenvalue weighted by atomic mass is 16.3. The molecule has 0 aliphatic carbocycles. The van der Waals surface area contributed by atoms with E-state index in [4.69, 9.17) is 5.73 Å². The number of nitrogens with two attached hydrogens (primary N) is 1. The third-order valence-corrected chi connectivity index (χ3v) is 4.29. The van der Waals surface area contributed by atoms with E-state index in [1.54, 1.807) is 0 Å². The fourth-order valence-electron chi connectivity index (χ4n) is 2.58. The van der Waals surface area contributed by atoms with E-state index in [0.717, 1.165) is 38.9 Å². The monoisotopic (exact) mass is 256 g/mol. The molecule has 3 heteroatoms. The first kappa shape index (κ1) is 15.9. The summed E-state index contributed by atoms with van der Waals surface area (Å²) in [5, 5.41) is 10.0. The van der Waals surface area contributed by atoms with E-state index in [2.05, 4.69) is 18.7 Å². The Kier molecular flexibility index (Phi) is 6.09. The third-order valence-electron chi connectivity index (χ3n) is 4.29. The van der Waals surface area contributed by atoms with Gasteiger partial charge in [-0.3, -0.25) is 0 Å². The fraction of sp³-hybridized carbons (Fsp3) is 1.00. The molecule has 0 bridgehead atoms. The SMILES string of the molecule is CC(C)(CN)CCCCN1CCCC(C)(O)CC1. The lowest BCUT2D eigenvalue weighted by atomic mass is 9.87. The standard InChI is InChI=1S/C15H32N2O/c1-14(2,13-16)7-4-5-10-17-11-6-8-15(3,18)9-12-17/h18H,4-13,16H2,1-3H3. The van der Waals surface area contributed by atoms with E-state index in [-0.39, 0.29) is 0 Å². The molecule has 1 heterocycles. The molecule has 0 saturated carbocycles. The van der Waals surface area contributed by atoms with E-state index in [0.29, 0.717) is 5.41 Å². The first-order valence-electron chi connectivity index (χ1n) is 7.49. The van der Waals surface area contributed by atoms with Crippen LogP contribution >= 0.6 is 0 Å². The first-order valence-corrected chi connectivity index (χ1v) is 7.49. The number of unbranched alkanes of at least 4 members (excludes halogenated alkanes) is 1. The number of rotatable bonds is 6. The van der Waals surface area contributed by atoms with E-state index in [9.17, 15) is 5.11 Å². The van der Waals surface area contributed by atoms with Gasteiger partial charge in [0, 0.05) is 6.54 Å². The minimum Gasteiger partial charge on any atom is -0.390 e. The van der Waals surface area contributed by atoms with Crippen molar-refractivity contribution in [1.82, 2.24) is 4.90 Å². The third kappa shape index (κ3) is 6.17. The Balaban J connectivity index is 2.16. The van der Waals surface area contributed by atoms with Crippen molar-refractivity contribution in [3.05, 3.63) is 0 Å². The highest BCUT2D eigenvalue weighted by Crippen LogP contribution is 2.23. The van der Waals surface area contributed by atoms with Crippen LogP contribution in [0.5, 0.6) is 0 Å². The molecular formula is C15H32N2O. The average Bonchev–Trinajstić information content (AvgIpc) is 2.46. The fourth-order valence-corrected chi connectivity index (χ4v) is 2.58. The molecule has 1 atom stereocenters. The molecule has 0 aromatic carbocycles.